The Labute approximate surface area is 111 Å². The third-order valence-corrected chi connectivity index (χ3v) is 3.01. The van der Waals surface area contributed by atoms with Crippen LogP contribution < -0.4 is 5.32 Å². The molecule has 91 valence electrons. The second-order valence-corrected chi connectivity index (χ2v) is 4.27. The summed E-state index contributed by atoms with van der Waals surface area (Å²) in [5.41, 5.74) is 1.46. The molecule has 0 bridgehead atoms. The van der Waals surface area contributed by atoms with Crippen molar-refractivity contribution < 1.29 is 4.79 Å². The highest BCUT2D eigenvalue weighted by Gasteiger charge is 2.09. The molecule has 1 radical (unpaired) electrons. The lowest BCUT2D eigenvalue weighted by atomic mass is 10.0. The van der Waals surface area contributed by atoms with E-state index in [1.165, 1.54) is 0 Å². The number of anilines is 1. The van der Waals surface area contributed by atoms with Crippen molar-refractivity contribution in [1.82, 2.24) is 0 Å². The molecule has 3 aromatic rings. The summed E-state index contributed by atoms with van der Waals surface area (Å²) in [6.07, 6.45) is 0. The maximum Gasteiger partial charge on any atom is 0.256 e. The Kier molecular flexibility index (Phi) is 2.99. The average molecular weight is 246 g/mol. The fourth-order valence-corrected chi connectivity index (χ4v) is 2.09. The molecule has 0 saturated heterocycles. The van der Waals surface area contributed by atoms with Crippen molar-refractivity contribution in [2.24, 2.45) is 0 Å². The van der Waals surface area contributed by atoms with Crippen LogP contribution in [0.4, 0.5) is 5.69 Å². The maximum atomic E-state index is 12.3. The van der Waals surface area contributed by atoms with Crippen molar-refractivity contribution in [3.63, 3.8) is 0 Å². The fourth-order valence-electron chi connectivity index (χ4n) is 2.09. The molecule has 2 heteroatoms. The van der Waals surface area contributed by atoms with E-state index in [4.69, 9.17) is 0 Å². The van der Waals surface area contributed by atoms with Gasteiger partial charge in [0.15, 0.2) is 0 Å². The number of hydrogen-bond donors (Lipinski definition) is 1. The summed E-state index contributed by atoms with van der Waals surface area (Å²) < 4.78 is 0. The molecule has 0 fully saturated rings. The Morgan fingerprint density at radius 1 is 0.895 bits per heavy atom. The molecule has 0 unspecified atom stereocenters. The van der Waals surface area contributed by atoms with Crippen LogP contribution in [0, 0.1) is 6.07 Å². The number of carbonyl (C=O) groups is 1. The Bertz CT molecular complexity index is 714. The lowest BCUT2D eigenvalue weighted by Gasteiger charge is -2.07. The molecule has 0 atom stereocenters. The molecular formula is C17H12NO. The quantitative estimate of drug-likeness (QED) is 0.730. The van der Waals surface area contributed by atoms with Gasteiger partial charge in [-0.25, -0.2) is 0 Å². The predicted octanol–water partition coefficient (Wildman–Crippen LogP) is 3.89. The van der Waals surface area contributed by atoms with Crippen LogP contribution in [0.3, 0.4) is 0 Å². The molecule has 0 aliphatic rings. The molecule has 1 N–H and O–H groups in total. The topological polar surface area (TPSA) is 29.1 Å². The van der Waals surface area contributed by atoms with Gasteiger partial charge in [0.05, 0.1) is 0 Å². The molecule has 19 heavy (non-hydrogen) atoms. The number of fused-ring (bicyclic) bond motifs is 1. The second kappa shape index (κ2) is 4.94. The average Bonchev–Trinajstić information content (AvgIpc) is 2.47. The zero-order valence-electron chi connectivity index (χ0n) is 10.3. The summed E-state index contributed by atoms with van der Waals surface area (Å²) in [6, 6.07) is 23.7. The first kappa shape index (κ1) is 11.5. The van der Waals surface area contributed by atoms with Crippen LogP contribution in [-0.4, -0.2) is 5.91 Å². The van der Waals surface area contributed by atoms with Crippen LogP contribution in [-0.2, 0) is 0 Å². The van der Waals surface area contributed by atoms with Gasteiger partial charge in [-0.15, -0.1) is 0 Å². The van der Waals surface area contributed by atoms with E-state index in [0.29, 0.717) is 5.56 Å². The van der Waals surface area contributed by atoms with Crippen molar-refractivity contribution in [3.05, 3.63) is 78.4 Å². The number of carbonyl (C=O) groups excluding carboxylic acids is 1. The van der Waals surface area contributed by atoms with Gasteiger partial charge in [0.2, 0.25) is 0 Å². The van der Waals surface area contributed by atoms with Crippen LogP contribution in [0.15, 0.2) is 66.7 Å². The van der Waals surface area contributed by atoms with E-state index in [9.17, 15) is 4.79 Å². The highest BCUT2D eigenvalue weighted by atomic mass is 16.1. The van der Waals surface area contributed by atoms with Gasteiger partial charge < -0.3 is 5.32 Å². The summed E-state index contributed by atoms with van der Waals surface area (Å²) in [5.74, 6) is -0.0944. The maximum absolute atomic E-state index is 12.3. The summed E-state index contributed by atoms with van der Waals surface area (Å²) in [7, 11) is 0. The SMILES string of the molecule is O=C(Nc1cc[c]cc1)c1cccc2ccccc12. The first-order valence-electron chi connectivity index (χ1n) is 6.10. The van der Waals surface area contributed by atoms with Gasteiger partial charge in [-0.05, 0) is 35.0 Å². The third-order valence-electron chi connectivity index (χ3n) is 3.01. The molecule has 3 aromatic carbocycles. The lowest BCUT2D eigenvalue weighted by molar-refractivity contribution is 0.102. The molecule has 0 aromatic heterocycles. The third kappa shape index (κ3) is 2.33. The standard InChI is InChI=1S/C17H12NO/c19-17(18-14-9-2-1-3-10-14)16-12-6-8-13-7-4-5-11-15(13)16/h2-12H,(H,18,19). The van der Waals surface area contributed by atoms with E-state index in [-0.39, 0.29) is 5.91 Å². The van der Waals surface area contributed by atoms with Crippen LogP contribution in [0.25, 0.3) is 10.8 Å². The van der Waals surface area contributed by atoms with Crippen molar-refractivity contribution in [1.29, 1.82) is 0 Å². The first-order valence-corrected chi connectivity index (χ1v) is 6.10. The minimum absolute atomic E-state index is 0.0944. The van der Waals surface area contributed by atoms with Gasteiger partial charge in [-0.1, -0.05) is 48.5 Å². The highest BCUT2D eigenvalue weighted by molar-refractivity contribution is 6.12. The minimum Gasteiger partial charge on any atom is -0.322 e. The summed E-state index contributed by atoms with van der Waals surface area (Å²) in [5, 5.41) is 4.92. The van der Waals surface area contributed by atoms with E-state index in [0.717, 1.165) is 16.5 Å². The van der Waals surface area contributed by atoms with E-state index < -0.39 is 0 Å². The summed E-state index contributed by atoms with van der Waals surface area (Å²) in [6.45, 7) is 0. The predicted molar refractivity (Wildman–Crippen MR) is 77.2 cm³/mol. The molecule has 2 nitrogen and oxygen atoms in total. The monoisotopic (exact) mass is 246 g/mol. The molecule has 3 rings (SSSR count). The zero-order valence-corrected chi connectivity index (χ0v) is 10.3. The van der Waals surface area contributed by atoms with E-state index in [2.05, 4.69) is 11.4 Å². The minimum atomic E-state index is -0.0944. The molecular weight excluding hydrogens is 234 g/mol. The molecule has 0 heterocycles. The van der Waals surface area contributed by atoms with Crippen LogP contribution in [0.5, 0.6) is 0 Å². The zero-order chi connectivity index (χ0) is 13.1. The van der Waals surface area contributed by atoms with Gasteiger partial charge in [0, 0.05) is 11.3 Å². The van der Waals surface area contributed by atoms with Crippen molar-refractivity contribution >= 4 is 22.4 Å². The number of rotatable bonds is 2. The second-order valence-electron chi connectivity index (χ2n) is 4.27. The van der Waals surface area contributed by atoms with Gasteiger partial charge >= 0.3 is 0 Å². The first-order chi connectivity index (χ1) is 9.34. The molecule has 0 saturated carbocycles. The molecule has 0 spiro atoms. The Morgan fingerprint density at radius 3 is 2.47 bits per heavy atom. The Hall–Kier alpha value is -2.61. The van der Waals surface area contributed by atoms with Crippen LogP contribution >= 0.6 is 0 Å². The van der Waals surface area contributed by atoms with Crippen molar-refractivity contribution in [3.8, 4) is 0 Å². The van der Waals surface area contributed by atoms with E-state index in [1.54, 1.807) is 12.1 Å². The van der Waals surface area contributed by atoms with Crippen molar-refractivity contribution in [2.45, 2.75) is 0 Å². The summed E-state index contributed by atoms with van der Waals surface area (Å²) in [4.78, 5) is 12.3. The Morgan fingerprint density at radius 2 is 1.63 bits per heavy atom. The highest BCUT2D eigenvalue weighted by Crippen LogP contribution is 2.19. The largest absolute Gasteiger partial charge is 0.322 e. The molecule has 0 aliphatic heterocycles. The molecule has 0 aliphatic carbocycles. The van der Waals surface area contributed by atoms with Gasteiger partial charge in [0.25, 0.3) is 5.91 Å². The van der Waals surface area contributed by atoms with Crippen molar-refractivity contribution in [2.75, 3.05) is 5.32 Å². The van der Waals surface area contributed by atoms with E-state index >= 15 is 0 Å². The molecule has 1 amide bonds. The smallest absolute Gasteiger partial charge is 0.256 e. The fraction of sp³-hybridized carbons (Fsp3) is 0. The number of nitrogens with one attached hydrogen (secondary N) is 1. The normalized spacial score (nSPS) is 10.3. The van der Waals surface area contributed by atoms with Gasteiger partial charge in [-0.2, -0.15) is 0 Å². The van der Waals surface area contributed by atoms with Crippen LogP contribution in [0.1, 0.15) is 10.4 Å². The number of amides is 1. The Balaban J connectivity index is 1.98. The van der Waals surface area contributed by atoms with E-state index in [1.807, 2.05) is 54.6 Å². The lowest BCUT2D eigenvalue weighted by Crippen LogP contribution is -2.12. The van der Waals surface area contributed by atoms with Gasteiger partial charge in [0.1, 0.15) is 0 Å². The van der Waals surface area contributed by atoms with Crippen LogP contribution in [0.2, 0.25) is 0 Å². The van der Waals surface area contributed by atoms with Gasteiger partial charge in [-0.3, -0.25) is 4.79 Å². The number of benzene rings is 3. The number of hydrogen-bond acceptors (Lipinski definition) is 1. The summed E-state index contributed by atoms with van der Waals surface area (Å²) >= 11 is 0.